The van der Waals surface area contributed by atoms with Gasteiger partial charge >= 0.3 is 0 Å². The van der Waals surface area contributed by atoms with Gasteiger partial charge in [-0.1, -0.05) is 17.7 Å². The Bertz CT molecular complexity index is 1000. The molecule has 0 spiro atoms. The molecule has 154 valence electrons. The third-order valence-corrected chi connectivity index (χ3v) is 7.07. The Morgan fingerprint density at radius 2 is 1.76 bits per heavy atom. The second-order valence-electron chi connectivity index (χ2n) is 7.29. The van der Waals surface area contributed by atoms with Gasteiger partial charge in [0.05, 0.1) is 18.1 Å². The molecule has 1 atom stereocenters. The lowest BCUT2D eigenvalue weighted by molar-refractivity contribution is -0.119. The van der Waals surface area contributed by atoms with Crippen molar-refractivity contribution in [2.75, 3.05) is 25.1 Å². The minimum Gasteiger partial charge on any atom is -0.490 e. The zero-order chi connectivity index (χ0) is 20.4. The van der Waals surface area contributed by atoms with E-state index in [9.17, 15) is 13.2 Å². The van der Waals surface area contributed by atoms with Crippen LogP contribution in [0, 0.1) is 6.92 Å². The van der Waals surface area contributed by atoms with Gasteiger partial charge < -0.3 is 14.8 Å². The van der Waals surface area contributed by atoms with Crippen molar-refractivity contribution in [3.63, 3.8) is 0 Å². The second-order valence-corrected chi connectivity index (χ2v) is 9.18. The number of fused-ring (bicyclic) bond motifs is 1. The molecule has 0 bridgehead atoms. The van der Waals surface area contributed by atoms with Gasteiger partial charge in [-0.2, -0.15) is 4.31 Å². The highest BCUT2D eigenvalue weighted by Gasteiger charge is 2.39. The fourth-order valence-corrected chi connectivity index (χ4v) is 5.26. The van der Waals surface area contributed by atoms with E-state index in [-0.39, 0.29) is 10.8 Å². The first-order valence-corrected chi connectivity index (χ1v) is 11.2. The molecule has 1 fully saturated rings. The lowest BCUT2D eigenvalue weighted by Crippen LogP contribution is -2.43. The van der Waals surface area contributed by atoms with E-state index < -0.39 is 16.1 Å². The van der Waals surface area contributed by atoms with E-state index in [4.69, 9.17) is 9.47 Å². The van der Waals surface area contributed by atoms with Crippen LogP contribution in [0.3, 0.4) is 0 Å². The average Bonchev–Trinajstić information content (AvgIpc) is 3.09. The molecule has 0 unspecified atom stereocenters. The summed E-state index contributed by atoms with van der Waals surface area (Å²) in [6.45, 7) is 3.37. The van der Waals surface area contributed by atoms with E-state index in [1.165, 1.54) is 4.31 Å². The quantitative estimate of drug-likeness (QED) is 0.828. The smallest absolute Gasteiger partial charge is 0.243 e. The molecule has 1 saturated heterocycles. The van der Waals surface area contributed by atoms with Gasteiger partial charge in [-0.3, -0.25) is 4.79 Å². The molecule has 2 aliphatic heterocycles. The predicted octanol–water partition coefficient (Wildman–Crippen LogP) is 2.95. The van der Waals surface area contributed by atoms with Crippen LogP contribution in [-0.4, -0.2) is 44.4 Å². The molecule has 2 heterocycles. The van der Waals surface area contributed by atoms with Crippen LogP contribution in [0.15, 0.2) is 47.4 Å². The number of anilines is 1. The third kappa shape index (κ3) is 4.09. The molecule has 0 aliphatic carbocycles. The number of ether oxygens (including phenoxy) is 2. The maximum absolute atomic E-state index is 13.1. The Morgan fingerprint density at radius 3 is 2.52 bits per heavy atom. The van der Waals surface area contributed by atoms with Gasteiger partial charge in [-0.15, -0.1) is 0 Å². The van der Waals surface area contributed by atoms with Gasteiger partial charge in [0, 0.05) is 24.7 Å². The summed E-state index contributed by atoms with van der Waals surface area (Å²) in [6.07, 6.45) is 1.93. The molecular formula is C21H24N2O5S. The van der Waals surface area contributed by atoms with E-state index in [1.807, 2.05) is 6.92 Å². The molecular weight excluding hydrogens is 392 g/mol. The highest BCUT2D eigenvalue weighted by molar-refractivity contribution is 7.89. The Morgan fingerprint density at radius 1 is 1.03 bits per heavy atom. The number of benzene rings is 2. The molecule has 2 aromatic rings. The van der Waals surface area contributed by atoms with Crippen molar-refractivity contribution < 1.29 is 22.7 Å². The predicted molar refractivity (Wildman–Crippen MR) is 109 cm³/mol. The normalized spacial score (nSPS) is 19.6. The zero-order valence-corrected chi connectivity index (χ0v) is 17.1. The second kappa shape index (κ2) is 8.04. The first kappa shape index (κ1) is 19.7. The molecule has 4 rings (SSSR count). The van der Waals surface area contributed by atoms with Crippen molar-refractivity contribution in [3.05, 3.63) is 48.0 Å². The molecule has 0 aromatic heterocycles. The van der Waals surface area contributed by atoms with Crippen molar-refractivity contribution >= 4 is 21.6 Å². The topological polar surface area (TPSA) is 84.9 Å². The lowest BCUT2D eigenvalue weighted by atomic mass is 10.2. The Balaban J connectivity index is 1.52. The number of hydrogen-bond donors (Lipinski definition) is 1. The highest BCUT2D eigenvalue weighted by atomic mass is 32.2. The van der Waals surface area contributed by atoms with Gasteiger partial charge in [0.1, 0.15) is 6.04 Å². The number of aryl methyl sites for hydroxylation is 1. The van der Waals surface area contributed by atoms with Gasteiger partial charge in [-0.05, 0) is 44.0 Å². The van der Waals surface area contributed by atoms with E-state index in [0.29, 0.717) is 49.8 Å². The summed E-state index contributed by atoms with van der Waals surface area (Å²) in [4.78, 5) is 13.1. The van der Waals surface area contributed by atoms with Crippen molar-refractivity contribution in [2.24, 2.45) is 0 Å². The molecule has 7 nitrogen and oxygen atoms in total. The van der Waals surface area contributed by atoms with Crippen LogP contribution in [0.4, 0.5) is 5.69 Å². The Labute approximate surface area is 170 Å². The summed E-state index contributed by atoms with van der Waals surface area (Å²) in [5, 5.41) is 2.84. The molecule has 29 heavy (non-hydrogen) atoms. The van der Waals surface area contributed by atoms with Gasteiger partial charge in [0.15, 0.2) is 11.5 Å². The van der Waals surface area contributed by atoms with E-state index >= 15 is 0 Å². The van der Waals surface area contributed by atoms with E-state index in [2.05, 4.69) is 5.32 Å². The number of rotatable bonds is 4. The molecule has 0 saturated carbocycles. The van der Waals surface area contributed by atoms with E-state index in [0.717, 1.165) is 12.0 Å². The molecule has 0 radical (unpaired) electrons. The average molecular weight is 416 g/mol. The van der Waals surface area contributed by atoms with E-state index in [1.54, 1.807) is 42.5 Å². The summed E-state index contributed by atoms with van der Waals surface area (Å²) in [5.41, 5.74) is 1.54. The van der Waals surface area contributed by atoms with Crippen LogP contribution in [0.2, 0.25) is 0 Å². The lowest BCUT2D eigenvalue weighted by Gasteiger charge is -2.23. The Hall–Kier alpha value is -2.58. The van der Waals surface area contributed by atoms with Crippen LogP contribution in [-0.2, 0) is 14.8 Å². The standard InChI is InChI=1S/C21H24N2O5S/c1-15-5-8-17(9-6-15)29(25,26)23-11-2-4-18(23)21(24)22-16-7-10-19-20(14-16)28-13-3-12-27-19/h5-10,14,18H,2-4,11-13H2,1H3,(H,22,24)/t18-/m1/s1. The number of sulfonamides is 1. The molecule has 8 heteroatoms. The van der Waals surface area contributed by atoms with Gasteiger partial charge in [0.2, 0.25) is 15.9 Å². The molecule has 1 N–H and O–H groups in total. The summed E-state index contributed by atoms with van der Waals surface area (Å²) in [5.74, 6) is 0.883. The number of carbonyl (C=O) groups is 1. The highest BCUT2D eigenvalue weighted by Crippen LogP contribution is 2.33. The van der Waals surface area contributed by atoms with Crippen LogP contribution in [0.5, 0.6) is 11.5 Å². The molecule has 2 aromatic carbocycles. The number of nitrogens with one attached hydrogen (secondary N) is 1. The number of carbonyl (C=O) groups excluding carboxylic acids is 1. The van der Waals surface area contributed by atoms with Crippen molar-refractivity contribution in [2.45, 2.75) is 37.1 Å². The van der Waals surface area contributed by atoms with Crippen LogP contribution in [0.1, 0.15) is 24.8 Å². The monoisotopic (exact) mass is 416 g/mol. The third-order valence-electron chi connectivity index (χ3n) is 5.15. The number of nitrogens with zero attached hydrogens (tertiary/aromatic N) is 1. The maximum Gasteiger partial charge on any atom is 0.243 e. The fraction of sp³-hybridized carbons (Fsp3) is 0.381. The first-order valence-electron chi connectivity index (χ1n) is 9.74. The summed E-state index contributed by atoms with van der Waals surface area (Å²) in [7, 11) is -3.73. The summed E-state index contributed by atoms with van der Waals surface area (Å²) in [6, 6.07) is 11.2. The largest absolute Gasteiger partial charge is 0.490 e. The van der Waals surface area contributed by atoms with Crippen molar-refractivity contribution in [3.8, 4) is 11.5 Å². The van der Waals surface area contributed by atoms with Crippen LogP contribution >= 0.6 is 0 Å². The maximum atomic E-state index is 13.1. The van der Waals surface area contributed by atoms with Crippen molar-refractivity contribution in [1.82, 2.24) is 4.31 Å². The minimum atomic E-state index is -3.73. The fourth-order valence-electron chi connectivity index (χ4n) is 3.60. The Kier molecular flexibility index (Phi) is 5.47. The number of hydrogen-bond acceptors (Lipinski definition) is 5. The van der Waals surface area contributed by atoms with Gasteiger partial charge in [-0.25, -0.2) is 8.42 Å². The SMILES string of the molecule is Cc1ccc(S(=O)(=O)N2CCC[C@@H]2C(=O)Nc2ccc3c(c2)OCCCO3)cc1. The first-order chi connectivity index (χ1) is 13.9. The summed E-state index contributed by atoms with van der Waals surface area (Å²) >= 11 is 0. The number of amides is 1. The zero-order valence-electron chi connectivity index (χ0n) is 16.3. The van der Waals surface area contributed by atoms with Crippen molar-refractivity contribution in [1.29, 1.82) is 0 Å². The van der Waals surface area contributed by atoms with Gasteiger partial charge in [0.25, 0.3) is 0 Å². The molecule has 2 aliphatic rings. The molecule has 1 amide bonds. The van der Waals surface area contributed by atoms with Crippen LogP contribution < -0.4 is 14.8 Å². The minimum absolute atomic E-state index is 0.207. The van der Waals surface area contributed by atoms with Crippen LogP contribution in [0.25, 0.3) is 0 Å². The summed E-state index contributed by atoms with van der Waals surface area (Å²) < 4.78 is 38.7.